The van der Waals surface area contributed by atoms with Crippen LogP contribution in [-0.2, 0) is 6.42 Å². The van der Waals surface area contributed by atoms with E-state index in [1.807, 2.05) is 42.5 Å². The SMILES string of the molecule is CC1=C(Cc2nn[nH]n2)c2ccccc2/C1=C\c1cccc(Oc2ccccc2)c1. The van der Waals surface area contributed by atoms with Crippen LogP contribution in [0, 0.1) is 0 Å². The van der Waals surface area contributed by atoms with Gasteiger partial charge in [-0.2, -0.15) is 5.21 Å². The second kappa shape index (κ2) is 7.79. The molecule has 30 heavy (non-hydrogen) atoms. The zero-order valence-electron chi connectivity index (χ0n) is 16.5. The predicted octanol–water partition coefficient (Wildman–Crippen LogP) is 5.56. The molecular weight excluding hydrogens is 372 g/mol. The fourth-order valence-corrected chi connectivity index (χ4v) is 3.84. The van der Waals surface area contributed by atoms with Gasteiger partial charge < -0.3 is 4.74 Å². The number of nitrogens with zero attached hydrogens (tertiary/aromatic N) is 3. The Bertz CT molecular complexity index is 1240. The molecule has 0 fully saturated rings. The minimum absolute atomic E-state index is 0.647. The van der Waals surface area contributed by atoms with E-state index in [1.54, 1.807) is 0 Å². The molecule has 1 N–H and O–H groups in total. The Morgan fingerprint density at radius 1 is 0.867 bits per heavy atom. The highest BCUT2D eigenvalue weighted by molar-refractivity contribution is 6.05. The second-order valence-electron chi connectivity index (χ2n) is 7.20. The Labute approximate surface area is 174 Å². The molecular formula is C25H20N4O. The minimum Gasteiger partial charge on any atom is -0.457 e. The quantitative estimate of drug-likeness (QED) is 0.483. The molecule has 0 bridgehead atoms. The van der Waals surface area contributed by atoms with Gasteiger partial charge in [-0.05, 0) is 70.7 Å². The maximum Gasteiger partial charge on any atom is 0.178 e. The highest BCUT2D eigenvalue weighted by Crippen LogP contribution is 2.43. The molecule has 1 heterocycles. The topological polar surface area (TPSA) is 63.7 Å². The molecule has 0 saturated carbocycles. The van der Waals surface area contributed by atoms with Crippen molar-refractivity contribution in [1.29, 1.82) is 0 Å². The maximum atomic E-state index is 6.00. The van der Waals surface area contributed by atoms with E-state index in [0.29, 0.717) is 12.2 Å². The lowest BCUT2D eigenvalue weighted by atomic mass is 10.0. The molecule has 1 aliphatic carbocycles. The molecule has 0 amide bonds. The van der Waals surface area contributed by atoms with Gasteiger partial charge in [-0.15, -0.1) is 10.2 Å². The van der Waals surface area contributed by atoms with Gasteiger partial charge in [0.2, 0.25) is 0 Å². The predicted molar refractivity (Wildman–Crippen MR) is 118 cm³/mol. The molecule has 1 aliphatic rings. The molecule has 0 radical (unpaired) electrons. The number of aromatic amines is 1. The summed E-state index contributed by atoms with van der Waals surface area (Å²) in [4.78, 5) is 0. The molecule has 5 heteroatoms. The van der Waals surface area contributed by atoms with Gasteiger partial charge in [0.25, 0.3) is 0 Å². The van der Waals surface area contributed by atoms with E-state index < -0.39 is 0 Å². The molecule has 0 aliphatic heterocycles. The van der Waals surface area contributed by atoms with E-state index in [4.69, 9.17) is 4.74 Å². The average Bonchev–Trinajstić information content (AvgIpc) is 3.38. The van der Waals surface area contributed by atoms with Crippen molar-refractivity contribution in [2.45, 2.75) is 13.3 Å². The van der Waals surface area contributed by atoms with E-state index in [9.17, 15) is 0 Å². The van der Waals surface area contributed by atoms with Crippen LogP contribution in [0.2, 0.25) is 0 Å². The summed E-state index contributed by atoms with van der Waals surface area (Å²) >= 11 is 0. The zero-order valence-corrected chi connectivity index (χ0v) is 16.5. The number of H-pyrrole nitrogens is 1. The molecule has 0 saturated heterocycles. The van der Waals surface area contributed by atoms with Gasteiger partial charge >= 0.3 is 0 Å². The summed E-state index contributed by atoms with van der Waals surface area (Å²) in [7, 11) is 0. The van der Waals surface area contributed by atoms with Crippen LogP contribution in [0.3, 0.4) is 0 Å². The Hall–Kier alpha value is -3.99. The number of rotatable bonds is 5. The van der Waals surface area contributed by atoms with Crippen LogP contribution in [0.1, 0.15) is 29.4 Å². The summed E-state index contributed by atoms with van der Waals surface area (Å²) in [6.45, 7) is 2.16. The first-order valence-electron chi connectivity index (χ1n) is 9.85. The van der Waals surface area contributed by atoms with Gasteiger partial charge in [0.15, 0.2) is 5.82 Å². The summed E-state index contributed by atoms with van der Waals surface area (Å²) in [5.74, 6) is 2.33. The van der Waals surface area contributed by atoms with E-state index >= 15 is 0 Å². The van der Waals surface area contributed by atoms with Crippen molar-refractivity contribution in [3.05, 3.63) is 107 Å². The molecule has 1 aromatic heterocycles. The maximum absolute atomic E-state index is 6.00. The fourth-order valence-electron chi connectivity index (χ4n) is 3.84. The Morgan fingerprint density at radius 3 is 2.43 bits per heavy atom. The van der Waals surface area contributed by atoms with Gasteiger partial charge in [0.05, 0.1) is 0 Å². The molecule has 5 nitrogen and oxygen atoms in total. The van der Waals surface area contributed by atoms with E-state index in [1.165, 1.54) is 27.8 Å². The third-order valence-corrected chi connectivity index (χ3v) is 5.27. The summed E-state index contributed by atoms with van der Waals surface area (Å²) < 4.78 is 6.00. The number of benzene rings is 3. The molecule has 146 valence electrons. The lowest BCUT2D eigenvalue weighted by molar-refractivity contribution is 0.482. The summed E-state index contributed by atoms with van der Waals surface area (Å²) in [5.41, 5.74) is 7.21. The van der Waals surface area contributed by atoms with Crippen molar-refractivity contribution in [2.75, 3.05) is 0 Å². The lowest BCUT2D eigenvalue weighted by Crippen LogP contribution is -1.93. The smallest absolute Gasteiger partial charge is 0.178 e. The number of hydrogen-bond donors (Lipinski definition) is 1. The van der Waals surface area contributed by atoms with Gasteiger partial charge in [-0.3, -0.25) is 0 Å². The number of tetrazole rings is 1. The number of ether oxygens (including phenoxy) is 1. The van der Waals surface area contributed by atoms with Crippen molar-refractivity contribution in [1.82, 2.24) is 20.6 Å². The number of para-hydroxylation sites is 1. The normalized spacial score (nSPS) is 14.2. The third-order valence-electron chi connectivity index (χ3n) is 5.27. The minimum atomic E-state index is 0.647. The van der Waals surface area contributed by atoms with Crippen LogP contribution >= 0.6 is 0 Å². The molecule has 4 aromatic rings. The van der Waals surface area contributed by atoms with E-state index in [-0.39, 0.29) is 0 Å². The largest absolute Gasteiger partial charge is 0.457 e. The molecule has 0 atom stereocenters. The van der Waals surface area contributed by atoms with Crippen molar-refractivity contribution < 1.29 is 4.74 Å². The number of nitrogens with one attached hydrogen (secondary N) is 1. The first-order valence-corrected chi connectivity index (χ1v) is 9.85. The van der Waals surface area contributed by atoms with Crippen LogP contribution < -0.4 is 4.74 Å². The standard InChI is InChI=1S/C25H20N4O/c1-17-23(15-18-8-7-11-20(14-18)30-19-9-3-2-4-10-19)21-12-5-6-13-22(21)24(17)16-25-26-28-29-27-25/h2-15H,16H2,1H3,(H,26,27,28,29)/b23-15-. The number of aromatic nitrogens is 4. The first kappa shape index (κ1) is 18.1. The van der Waals surface area contributed by atoms with Gasteiger partial charge in [0.1, 0.15) is 11.5 Å². The molecule has 0 spiro atoms. The van der Waals surface area contributed by atoms with Gasteiger partial charge in [-0.1, -0.05) is 59.8 Å². The zero-order chi connectivity index (χ0) is 20.3. The lowest BCUT2D eigenvalue weighted by Gasteiger charge is -2.08. The highest BCUT2D eigenvalue weighted by atomic mass is 16.5. The first-order chi connectivity index (χ1) is 14.8. The number of allylic oxidation sites excluding steroid dienone is 3. The van der Waals surface area contributed by atoms with Crippen molar-refractivity contribution in [2.24, 2.45) is 0 Å². The van der Waals surface area contributed by atoms with E-state index in [0.717, 1.165) is 17.1 Å². The monoisotopic (exact) mass is 392 g/mol. The summed E-state index contributed by atoms with van der Waals surface area (Å²) in [6.07, 6.45) is 2.86. The average molecular weight is 392 g/mol. The fraction of sp³-hybridized carbons (Fsp3) is 0.0800. The molecule has 0 unspecified atom stereocenters. The van der Waals surface area contributed by atoms with Crippen molar-refractivity contribution in [3.8, 4) is 11.5 Å². The molecule has 3 aromatic carbocycles. The highest BCUT2D eigenvalue weighted by Gasteiger charge is 2.24. The Kier molecular flexibility index (Phi) is 4.69. The van der Waals surface area contributed by atoms with Gasteiger partial charge in [-0.25, -0.2) is 0 Å². The van der Waals surface area contributed by atoms with Gasteiger partial charge in [0, 0.05) is 6.42 Å². The van der Waals surface area contributed by atoms with Crippen molar-refractivity contribution in [3.63, 3.8) is 0 Å². The summed E-state index contributed by atoms with van der Waals surface area (Å²) in [5, 5.41) is 14.5. The van der Waals surface area contributed by atoms with Crippen molar-refractivity contribution >= 4 is 17.2 Å². The Balaban J connectivity index is 1.51. The van der Waals surface area contributed by atoms with Crippen LogP contribution in [0.4, 0.5) is 0 Å². The van der Waals surface area contributed by atoms with Crippen LogP contribution in [0.5, 0.6) is 11.5 Å². The molecule has 5 rings (SSSR count). The number of hydrogen-bond acceptors (Lipinski definition) is 4. The van der Waals surface area contributed by atoms with Crippen LogP contribution in [-0.4, -0.2) is 20.6 Å². The van der Waals surface area contributed by atoms with Crippen LogP contribution in [0.25, 0.3) is 17.2 Å². The van der Waals surface area contributed by atoms with Crippen LogP contribution in [0.15, 0.2) is 84.4 Å². The Morgan fingerprint density at radius 2 is 1.63 bits per heavy atom. The second-order valence-corrected chi connectivity index (χ2v) is 7.20. The third kappa shape index (κ3) is 3.53. The number of fused-ring (bicyclic) bond motifs is 1. The summed E-state index contributed by atoms with van der Waals surface area (Å²) in [6, 6.07) is 26.4. The van der Waals surface area contributed by atoms with E-state index in [2.05, 4.69) is 70.0 Å².